The van der Waals surface area contributed by atoms with Gasteiger partial charge in [0.25, 0.3) is 5.56 Å². The number of hydrogen-bond donors (Lipinski definition) is 1. The van der Waals surface area contributed by atoms with Crippen molar-refractivity contribution in [1.29, 1.82) is 0 Å². The molecule has 2 heterocycles. The first-order valence-corrected chi connectivity index (χ1v) is 11.6. The van der Waals surface area contributed by atoms with Crippen molar-refractivity contribution in [3.8, 4) is 11.1 Å². The fourth-order valence-electron chi connectivity index (χ4n) is 3.40. The first-order valence-electron chi connectivity index (χ1n) is 10.8. The Morgan fingerprint density at radius 3 is 2.50 bits per heavy atom. The van der Waals surface area contributed by atoms with Gasteiger partial charge in [-0.05, 0) is 43.2 Å². The Balaban J connectivity index is 1.45. The van der Waals surface area contributed by atoms with E-state index in [0.29, 0.717) is 31.9 Å². The molecule has 0 amide bonds. The van der Waals surface area contributed by atoms with Crippen LogP contribution >= 0.6 is 11.8 Å². The third-order valence-electron chi connectivity index (χ3n) is 5.00. The van der Waals surface area contributed by atoms with Crippen LogP contribution in [0, 0.1) is 0 Å². The normalized spacial score (nSPS) is 11.3. The third-order valence-corrected chi connectivity index (χ3v) is 6.01. The van der Waals surface area contributed by atoms with Gasteiger partial charge in [0.2, 0.25) is 0 Å². The highest BCUT2D eigenvalue weighted by molar-refractivity contribution is 7.99. The molecule has 0 spiro atoms. The van der Waals surface area contributed by atoms with Crippen LogP contribution in [0.5, 0.6) is 0 Å². The lowest BCUT2D eigenvalue weighted by molar-refractivity contribution is 0.0891. The van der Waals surface area contributed by atoms with Crippen LogP contribution in [0.1, 0.15) is 19.0 Å². The lowest BCUT2D eigenvalue weighted by Gasteiger charge is -2.07. The highest BCUT2D eigenvalue weighted by Gasteiger charge is 2.11. The van der Waals surface area contributed by atoms with E-state index in [1.54, 1.807) is 24.0 Å². The van der Waals surface area contributed by atoms with Gasteiger partial charge in [-0.1, -0.05) is 42.1 Å². The Kier molecular flexibility index (Phi) is 7.77. The minimum Gasteiger partial charge on any atom is -0.382 e. The van der Waals surface area contributed by atoms with Crippen LogP contribution in [-0.4, -0.2) is 41.0 Å². The molecule has 7 heteroatoms. The Labute approximate surface area is 191 Å². The van der Waals surface area contributed by atoms with E-state index in [1.807, 2.05) is 25.1 Å². The summed E-state index contributed by atoms with van der Waals surface area (Å²) in [5.74, 6) is 0. The zero-order valence-corrected chi connectivity index (χ0v) is 18.9. The minimum atomic E-state index is -0.146. The Morgan fingerprint density at radius 1 is 0.969 bits per heavy atom. The van der Waals surface area contributed by atoms with E-state index in [1.165, 1.54) is 9.41 Å². The molecule has 0 aliphatic heterocycles. The van der Waals surface area contributed by atoms with Crippen LogP contribution in [0.2, 0.25) is 0 Å². The summed E-state index contributed by atoms with van der Waals surface area (Å²) in [5.41, 5.74) is 3.31. The molecule has 0 radical (unpaired) electrons. The molecule has 0 aliphatic carbocycles. The number of aromatic amines is 1. The van der Waals surface area contributed by atoms with E-state index in [2.05, 4.69) is 46.5 Å². The predicted octanol–water partition coefficient (Wildman–Crippen LogP) is 4.83. The van der Waals surface area contributed by atoms with Crippen molar-refractivity contribution in [2.45, 2.75) is 29.6 Å². The third kappa shape index (κ3) is 5.68. The average molecular weight is 450 g/mol. The molecule has 1 N–H and O–H groups in total. The van der Waals surface area contributed by atoms with Gasteiger partial charge in [0, 0.05) is 53.4 Å². The molecule has 6 nitrogen and oxygen atoms in total. The highest BCUT2D eigenvalue weighted by Crippen LogP contribution is 2.30. The fraction of sp³-hybridized carbons (Fsp3) is 0.280. The summed E-state index contributed by atoms with van der Waals surface area (Å²) in [5, 5.41) is 4.29. The van der Waals surface area contributed by atoms with Crippen molar-refractivity contribution < 1.29 is 9.47 Å². The van der Waals surface area contributed by atoms with Crippen LogP contribution in [0.15, 0.2) is 81.4 Å². The molecule has 0 fully saturated rings. The lowest BCUT2D eigenvalue weighted by atomic mass is 10.1. The smallest absolute Gasteiger partial charge is 0.274 e. The van der Waals surface area contributed by atoms with Crippen molar-refractivity contribution in [3.63, 3.8) is 0 Å². The predicted molar refractivity (Wildman–Crippen MR) is 127 cm³/mol. The summed E-state index contributed by atoms with van der Waals surface area (Å²) in [6.07, 6.45) is 3.24. The maximum absolute atomic E-state index is 12.5. The largest absolute Gasteiger partial charge is 0.382 e. The van der Waals surface area contributed by atoms with Gasteiger partial charge in [0.15, 0.2) is 0 Å². The van der Waals surface area contributed by atoms with E-state index in [-0.39, 0.29) is 5.56 Å². The quantitative estimate of drug-likeness (QED) is 0.332. The van der Waals surface area contributed by atoms with Gasteiger partial charge in [0.05, 0.1) is 12.8 Å². The molecular weight excluding hydrogens is 422 g/mol. The second-order valence-electron chi connectivity index (χ2n) is 7.30. The van der Waals surface area contributed by atoms with Crippen molar-refractivity contribution in [1.82, 2.24) is 14.6 Å². The van der Waals surface area contributed by atoms with Crippen LogP contribution in [0.3, 0.4) is 0 Å². The average Bonchev–Trinajstić information content (AvgIpc) is 3.24. The molecule has 32 heavy (non-hydrogen) atoms. The van der Waals surface area contributed by atoms with E-state index < -0.39 is 0 Å². The first kappa shape index (κ1) is 22.3. The van der Waals surface area contributed by atoms with Gasteiger partial charge in [-0.2, -0.15) is 9.61 Å². The van der Waals surface area contributed by atoms with Gasteiger partial charge in [0.1, 0.15) is 5.65 Å². The van der Waals surface area contributed by atoms with Crippen LogP contribution in [-0.2, 0) is 15.9 Å². The molecule has 0 saturated carbocycles. The Bertz CT molecular complexity index is 1190. The summed E-state index contributed by atoms with van der Waals surface area (Å²) < 4.78 is 12.4. The maximum Gasteiger partial charge on any atom is 0.274 e. The fourth-order valence-corrected chi connectivity index (χ4v) is 4.24. The zero-order chi connectivity index (χ0) is 22.2. The molecule has 2 aromatic heterocycles. The molecule has 4 rings (SSSR count). The van der Waals surface area contributed by atoms with Crippen LogP contribution < -0.4 is 5.56 Å². The topological polar surface area (TPSA) is 68.6 Å². The summed E-state index contributed by atoms with van der Waals surface area (Å²) >= 11 is 1.72. The SMILES string of the molecule is CCOCCCOCCc1cc(=O)n2ncc(-c3ccc(Sc4ccccc4)cc3)c2[nH]1. The van der Waals surface area contributed by atoms with Gasteiger partial charge in [-0.25, -0.2) is 0 Å². The Hall–Kier alpha value is -2.87. The second kappa shape index (κ2) is 11.1. The van der Waals surface area contributed by atoms with Gasteiger partial charge >= 0.3 is 0 Å². The van der Waals surface area contributed by atoms with Gasteiger partial charge in [-0.3, -0.25) is 4.79 Å². The van der Waals surface area contributed by atoms with E-state index in [4.69, 9.17) is 9.47 Å². The number of aromatic nitrogens is 3. The zero-order valence-electron chi connectivity index (χ0n) is 18.1. The number of fused-ring (bicyclic) bond motifs is 1. The van der Waals surface area contributed by atoms with Crippen LogP contribution in [0.25, 0.3) is 16.8 Å². The number of H-pyrrole nitrogens is 1. The summed E-state index contributed by atoms with van der Waals surface area (Å²) in [6.45, 7) is 4.62. The second-order valence-corrected chi connectivity index (χ2v) is 8.45. The standard InChI is InChI=1S/C25H27N3O3S/c1-2-30-14-6-15-31-16-13-20-17-24(29)28-25(27-20)23(18-26-28)19-9-11-22(12-10-19)32-21-7-4-3-5-8-21/h3-5,7-12,17-18,27H,2,6,13-16H2,1H3. The molecule has 0 saturated heterocycles. The first-order chi connectivity index (χ1) is 15.7. The van der Waals surface area contributed by atoms with E-state index in [9.17, 15) is 4.79 Å². The molecule has 0 bridgehead atoms. The summed E-state index contributed by atoms with van der Waals surface area (Å²) in [7, 11) is 0. The van der Waals surface area contributed by atoms with Gasteiger partial charge < -0.3 is 14.5 Å². The van der Waals surface area contributed by atoms with Crippen molar-refractivity contribution in [2.24, 2.45) is 0 Å². The van der Waals surface area contributed by atoms with Crippen molar-refractivity contribution in [3.05, 3.63) is 82.9 Å². The molecule has 0 unspecified atom stereocenters. The maximum atomic E-state index is 12.5. The van der Waals surface area contributed by atoms with Crippen LogP contribution in [0.4, 0.5) is 0 Å². The Morgan fingerprint density at radius 2 is 1.72 bits per heavy atom. The number of hydrogen-bond acceptors (Lipinski definition) is 5. The van der Waals surface area contributed by atoms with Gasteiger partial charge in [-0.15, -0.1) is 0 Å². The summed E-state index contributed by atoms with van der Waals surface area (Å²) in [4.78, 5) is 18.3. The molecule has 0 aliphatic rings. The molecule has 0 atom stereocenters. The molecule has 2 aromatic carbocycles. The molecule has 4 aromatic rings. The monoisotopic (exact) mass is 449 g/mol. The number of benzene rings is 2. The number of rotatable bonds is 11. The van der Waals surface area contributed by atoms with Crippen molar-refractivity contribution >= 4 is 17.4 Å². The van der Waals surface area contributed by atoms with E-state index >= 15 is 0 Å². The minimum absolute atomic E-state index is 0.146. The summed E-state index contributed by atoms with van der Waals surface area (Å²) in [6, 6.07) is 20.2. The van der Waals surface area contributed by atoms with E-state index in [0.717, 1.165) is 34.7 Å². The lowest BCUT2D eigenvalue weighted by Crippen LogP contribution is -2.16. The number of nitrogens with zero attached hydrogens (tertiary/aromatic N) is 2. The van der Waals surface area contributed by atoms with Crippen molar-refractivity contribution in [2.75, 3.05) is 26.4 Å². The molecular formula is C25H27N3O3S. The number of nitrogens with one attached hydrogen (secondary N) is 1. The highest BCUT2D eigenvalue weighted by atomic mass is 32.2. The number of ether oxygens (including phenoxy) is 2. The molecule has 166 valence electrons.